The van der Waals surface area contributed by atoms with Crippen molar-refractivity contribution in [1.82, 2.24) is 10.2 Å². The minimum Gasteiger partial charge on any atom is -0.373 e. The van der Waals surface area contributed by atoms with Gasteiger partial charge in [0.25, 0.3) is 0 Å². The Balaban J connectivity index is 2.07. The molecule has 3 heteroatoms. The van der Waals surface area contributed by atoms with E-state index in [4.69, 9.17) is 4.74 Å². The number of hydrogen-bond donors (Lipinski definition) is 1. The Morgan fingerprint density at radius 3 is 2.53 bits per heavy atom. The molecular formula is C14H24N2O. The topological polar surface area (TPSA) is 24.5 Å². The van der Waals surface area contributed by atoms with E-state index in [9.17, 15) is 0 Å². The average molecular weight is 236 g/mol. The SMILES string of the molecule is CC(OCCNCCN(C)C)c1ccccc1. The summed E-state index contributed by atoms with van der Waals surface area (Å²) in [5.74, 6) is 0. The van der Waals surface area contributed by atoms with Crippen LogP contribution in [-0.2, 0) is 4.74 Å². The third-order valence-electron chi connectivity index (χ3n) is 2.65. The van der Waals surface area contributed by atoms with Crippen molar-refractivity contribution in [3.8, 4) is 0 Å². The molecule has 17 heavy (non-hydrogen) atoms. The first-order valence-corrected chi connectivity index (χ1v) is 6.22. The summed E-state index contributed by atoms with van der Waals surface area (Å²) in [4.78, 5) is 2.17. The van der Waals surface area contributed by atoms with E-state index in [-0.39, 0.29) is 6.10 Å². The Kier molecular flexibility index (Phi) is 6.86. The van der Waals surface area contributed by atoms with E-state index in [0.29, 0.717) is 0 Å². The predicted molar refractivity (Wildman–Crippen MR) is 72.2 cm³/mol. The molecule has 1 N–H and O–H groups in total. The van der Waals surface area contributed by atoms with Crippen molar-refractivity contribution >= 4 is 0 Å². The molecule has 0 aliphatic heterocycles. The van der Waals surface area contributed by atoms with E-state index in [1.54, 1.807) is 0 Å². The maximum Gasteiger partial charge on any atom is 0.0797 e. The van der Waals surface area contributed by atoms with Crippen LogP contribution in [0.1, 0.15) is 18.6 Å². The van der Waals surface area contributed by atoms with Crippen LogP contribution in [0.5, 0.6) is 0 Å². The van der Waals surface area contributed by atoms with Crippen molar-refractivity contribution < 1.29 is 4.74 Å². The van der Waals surface area contributed by atoms with Crippen LogP contribution in [0.25, 0.3) is 0 Å². The van der Waals surface area contributed by atoms with Gasteiger partial charge in [-0.05, 0) is 26.6 Å². The molecule has 0 heterocycles. The Morgan fingerprint density at radius 1 is 1.18 bits per heavy atom. The summed E-state index contributed by atoms with van der Waals surface area (Å²) >= 11 is 0. The van der Waals surface area contributed by atoms with Crippen LogP contribution in [0.15, 0.2) is 30.3 Å². The highest BCUT2D eigenvalue weighted by Gasteiger charge is 2.03. The van der Waals surface area contributed by atoms with Crippen LogP contribution in [0.2, 0.25) is 0 Å². The van der Waals surface area contributed by atoms with Gasteiger partial charge in [-0.1, -0.05) is 30.3 Å². The van der Waals surface area contributed by atoms with E-state index >= 15 is 0 Å². The molecule has 96 valence electrons. The fraction of sp³-hybridized carbons (Fsp3) is 0.571. The molecule has 1 atom stereocenters. The van der Waals surface area contributed by atoms with Crippen molar-refractivity contribution in [2.24, 2.45) is 0 Å². The quantitative estimate of drug-likeness (QED) is 0.698. The maximum absolute atomic E-state index is 5.76. The van der Waals surface area contributed by atoms with Gasteiger partial charge in [-0.3, -0.25) is 0 Å². The lowest BCUT2D eigenvalue weighted by molar-refractivity contribution is 0.0676. The predicted octanol–water partition coefficient (Wildman–Crippen LogP) is 1.92. The first-order valence-electron chi connectivity index (χ1n) is 6.22. The van der Waals surface area contributed by atoms with Crippen molar-refractivity contribution in [2.75, 3.05) is 40.3 Å². The standard InChI is InChI=1S/C14H24N2O/c1-13(14-7-5-4-6-8-14)17-12-10-15-9-11-16(2)3/h4-8,13,15H,9-12H2,1-3H3. The average Bonchev–Trinajstić information content (AvgIpc) is 2.34. The molecule has 0 spiro atoms. The molecule has 3 nitrogen and oxygen atoms in total. The van der Waals surface area contributed by atoms with Gasteiger partial charge in [-0.25, -0.2) is 0 Å². The Bertz CT molecular complexity index is 288. The molecule has 1 aromatic rings. The van der Waals surface area contributed by atoms with Crippen molar-refractivity contribution in [1.29, 1.82) is 0 Å². The third-order valence-corrected chi connectivity index (χ3v) is 2.65. The number of ether oxygens (including phenoxy) is 1. The van der Waals surface area contributed by atoms with Gasteiger partial charge in [-0.2, -0.15) is 0 Å². The summed E-state index contributed by atoms with van der Waals surface area (Å²) in [5, 5.41) is 3.36. The molecule has 0 saturated heterocycles. The molecule has 0 fully saturated rings. The molecule has 1 rings (SSSR count). The molecule has 0 amide bonds. The Morgan fingerprint density at radius 2 is 1.88 bits per heavy atom. The van der Waals surface area contributed by atoms with Crippen LogP contribution in [0.3, 0.4) is 0 Å². The van der Waals surface area contributed by atoms with Crippen LogP contribution in [0.4, 0.5) is 0 Å². The molecule has 1 aromatic carbocycles. The number of nitrogens with zero attached hydrogens (tertiary/aromatic N) is 1. The summed E-state index contributed by atoms with van der Waals surface area (Å²) in [5.41, 5.74) is 1.24. The molecule has 0 saturated carbocycles. The summed E-state index contributed by atoms with van der Waals surface area (Å²) in [6.07, 6.45) is 0.173. The lowest BCUT2D eigenvalue weighted by atomic mass is 10.1. The minimum atomic E-state index is 0.173. The maximum atomic E-state index is 5.76. The number of rotatable bonds is 8. The highest BCUT2D eigenvalue weighted by molar-refractivity contribution is 5.16. The van der Waals surface area contributed by atoms with E-state index in [1.807, 2.05) is 18.2 Å². The van der Waals surface area contributed by atoms with Gasteiger partial charge in [0.15, 0.2) is 0 Å². The molecule has 0 aromatic heterocycles. The zero-order valence-electron chi connectivity index (χ0n) is 11.1. The third kappa shape index (κ3) is 6.41. The van der Waals surface area contributed by atoms with Crippen molar-refractivity contribution in [2.45, 2.75) is 13.0 Å². The normalized spacial score (nSPS) is 12.9. The highest BCUT2D eigenvalue weighted by atomic mass is 16.5. The molecular weight excluding hydrogens is 212 g/mol. The number of likely N-dealkylation sites (N-methyl/N-ethyl adjacent to an activating group) is 1. The van der Waals surface area contributed by atoms with Crippen LogP contribution >= 0.6 is 0 Å². The lowest BCUT2D eigenvalue weighted by Gasteiger charge is -2.14. The number of nitrogens with one attached hydrogen (secondary N) is 1. The zero-order chi connectivity index (χ0) is 12.5. The molecule has 0 aliphatic rings. The largest absolute Gasteiger partial charge is 0.373 e. The summed E-state index contributed by atoms with van der Waals surface area (Å²) in [6, 6.07) is 10.3. The van der Waals surface area contributed by atoms with E-state index in [0.717, 1.165) is 26.2 Å². The zero-order valence-corrected chi connectivity index (χ0v) is 11.1. The van der Waals surface area contributed by atoms with Gasteiger partial charge < -0.3 is 15.0 Å². The highest BCUT2D eigenvalue weighted by Crippen LogP contribution is 2.14. The minimum absolute atomic E-state index is 0.173. The van der Waals surface area contributed by atoms with Gasteiger partial charge in [0.2, 0.25) is 0 Å². The second-order valence-electron chi connectivity index (χ2n) is 4.48. The summed E-state index contributed by atoms with van der Waals surface area (Å²) in [7, 11) is 4.16. The molecule has 0 bridgehead atoms. The fourth-order valence-electron chi connectivity index (χ4n) is 1.56. The van der Waals surface area contributed by atoms with E-state index < -0.39 is 0 Å². The fourth-order valence-corrected chi connectivity index (χ4v) is 1.56. The van der Waals surface area contributed by atoms with Gasteiger partial charge in [0, 0.05) is 19.6 Å². The first-order chi connectivity index (χ1) is 8.20. The van der Waals surface area contributed by atoms with Gasteiger partial charge >= 0.3 is 0 Å². The van der Waals surface area contributed by atoms with Crippen molar-refractivity contribution in [3.63, 3.8) is 0 Å². The number of hydrogen-bond acceptors (Lipinski definition) is 3. The van der Waals surface area contributed by atoms with Gasteiger partial charge in [0.05, 0.1) is 12.7 Å². The summed E-state index contributed by atoms with van der Waals surface area (Å²) in [6.45, 7) is 5.83. The molecule has 1 unspecified atom stereocenters. The summed E-state index contributed by atoms with van der Waals surface area (Å²) < 4.78 is 5.76. The first kappa shape index (κ1) is 14.2. The Labute approximate surface area is 105 Å². The molecule has 0 radical (unpaired) electrons. The second-order valence-corrected chi connectivity index (χ2v) is 4.48. The van der Waals surface area contributed by atoms with E-state index in [2.05, 4.69) is 43.4 Å². The monoisotopic (exact) mass is 236 g/mol. The van der Waals surface area contributed by atoms with Gasteiger partial charge in [0.1, 0.15) is 0 Å². The Hall–Kier alpha value is -0.900. The smallest absolute Gasteiger partial charge is 0.0797 e. The van der Waals surface area contributed by atoms with E-state index in [1.165, 1.54) is 5.56 Å². The van der Waals surface area contributed by atoms with Crippen LogP contribution in [0, 0.1) is 0 Å². The van der Waals surface area contributed by atoms with Gasteiger partial charge in [-0.15, -0.1) is 0 Å². The van der Waals surface area contributed by atoms with Crippen LogP contribution in [-0.4, -0.2) is 45.2 Å². The van der Waals surface area contributed by atoms with Crippen LogP contribution < -0.4 is 5.32 Å². The number of benzene rings is 1. The molecule has 0 aliphatic carbocycles. The van der Waals surface area contributed by atoms with Crippen molar-refractivity contribution in [3.05, 3.63) is 35.9 Å². The second kappa shape index (κ2) is 8.23. The lowest BCUT2D eigenvalue weighted by Crippen LogP contribution is -2.29.